The molecule has 0 unspecified atom stereocenters. The fourth-order valence-corrected chi connectivity index (χ4v) is 3.86. The molecule has 4 heteroatoms. The second-order valence-corrected chi connectivity index (χ2v) is 8.36. The highest BCUT2D eigenvalue weighted by atomic mass is 16.4. The number of amides is 1. The van der Waals surface area contributed by atoms with Crippen molar-refractivity contribution in [2.75, 3.05) is 5.32 Å². The average molecular weight is 351 g/mol. The van der Waals surface area contributed by atoms with Crippen molar-refractivity contribution in [3.05, 3.63) is 53.1 Å². The summed E-state index contributed by atoms with van der Waals surface area (Å²) in [7, 11) is 0. The number of carboxylic acids is 1. The lowest BCUT2D eigenvalue weighted by atomic mass is 9.63. The summed E-state index contributed by atoms with van der Waals surface area (Å²) >= 11 is 0. The Morgan fingerprint density at radius 2 is 1.54 bits per heavy atom. The maximum Gasteiger partial charge on any atom is 0.337 e. The molecule has 1 aliphatic rings. The summed E-state index contributed by atoms with van der Waals surface area (Å²) in [6, 6.07) is 11.6. The van der Waals surface area contributed by atoms with E-state index in [1.54, 1.807) is 12.1 Å². The summed E-state index contributed by atoms with van der Waals surface area (Å²) in [6.45, 7) is 9.12. The summed E-state index contributed by atoms with van der Waals surface area (Å²) in [5, 5.41) is 11.8. The van der Waals surface area contributed by atoms with E-state index in [2.05, 4.69) is 51.2 Å². The number of aromatic carboxylic acids is 1. The summed E-state index contributed by atoms with van der Waals surface area (Å²) in [5.41, 5.74) is 5.29. The van der Waals surface area contributed by atoms with Crippen LogP contribution in [-0.2, 0) is 15.6 Å². The van der Waals surface area contributed by atoms with Crippen molar-refractivity contribution >= 4 is 18.1 Å². The first-order valence-electron chi connectivity index (χ1n) is 8.89. The number of carbonyl (C=O) groups excluding carboxylic acids is 1. The molecule has 0 heterocycles. The van der Waals surface area contributed by atoms with E-state index < -0.39 is 5.97 Å². The average Bonchev–Trinajstić information content (AvgIpc) is 2.59. The highest BCUT2D eigenvalue weighted by Crippen LogP contribution is 2.46. The van der Waals surface area contributed by atoms with Crippen LogP contribution in [0.5, 0.6) is 0 Å². The molecule has 0 atom stereocenters. The highest BCUT2D eigenvalue weighted by molar-refractivity contribution is 5.97. The molecule has 0 saturated carbocycles. The number of nitrogens with one attached hydrogen (secondary N) is 1. The molecule has 4 nitrogen and oxygen atoms in total. The minimum atomic E-state index is -1.06. The third kappa shape index (κ3) is 3.12. The van der Waals surface area contributed by atoms with Gasteiger partial charge in [-0.25, -0.2) is 4.79 Å². The smallest absolute Gasteiger partial charge is 0.337 e. The maximum absolute atomic E-state index is 11.3. The van der Waals surface area contributed by atoms with Gasteiger partial charge < -0.3 is 10.4 Å². The van der Waals surface area contributed by atoms with Crippen LogP contribution in [-0.4, -0.2) is 17.5 Å². The van der Waals surface area contributed by atoms with Gasteiger partial charge in [0.2, 0.25) is 6.41 Å². The number of carbonyl (C=O) groups is 2. The lowest BCUT2D eigenvalue weighted by Gasteiger charge is -2.42. The minimum Gasteiger partial charge on any atom is -0.478 e. The van der Waals surface area contributed by atoms with Crippen LogP contribution in [0.25, 0.3) is 11.1 Å². The number of hydrogen-bond donors (Lipinski definition) is 2. The van der Waals surface area contributed by atoms with Crippen LogP contribution < -0.4 is 5.32 Å². The Bertz CT molecular complexity index is 881. The first kappa shape index (κ1) is 18.2. The Balaban J connectivity index is 2.13. The molecule has 0 aromatic heterocycles. The Morgan fingerprint density at radius 3 is 2.15 bits per heavy atom. The Hall–Kier alpha value is -2.62. The minimum absolute atomic E-state index is 0.0836. The van der Waals surface area contributed by atoms with Crippen molar-refractivity contribution in [2.45, 2.75) is 51.4 Å². The fraction of sp³-hybridized carbons (Fsp3) is 0.364. The van der Waals surface area contributed by atoms with Crippen LogP contribution in [0.1, 0.15) is 62.0 Å². The monoisotopic (exact) mass is 351 g/mol. The SMILES string of the molecule is CC1(C)CCC(C)(C)c2cc(-c3ccc(C(=O)O)c(NC=O)c3)ccc21. The lowest BCUT2D eigenvalue weighted by Crippen LogP contribution is -2.33. The summed E-state index contributed by atoms with van der Waals surface area (Å²) in [6.07, 6.45) is 2.80. The molecule has 3 rings (SSSR count). The van der Waals surface area contributed by atoms with Gasteiger partial charge in [0.1, 0.15) is 0 Å². The van der Waals surface area contributed by atoms with E-state index in [1.807, 2.05) is 0 Å². The maximum atomic E-state index is 11.3. The van der Waals surface area contributed by atoms with E-state index in [1.165, 1.54) is 17.2 Å². The van der Waals surface area contributed by atoms with Crippen LogP contribution in [0.15, 0.2) is 36.4 Å². The van der Waals surface area contributed by atoms with Gasteiger partial charge in [-0.1, -0.05) is 52.0 Å². The van der Waals surface area contributed by atoms with E-state index in [0.29, 0.717) is 12.1 Å². The molecule has 26 heavy (non-hydrogen) atoms. The van der Waals surface area contributed by atoms with Gasteiger partial charge in [0, 0.05) is 0 Å². The molecule has 0 saturated heterocycles. The molecule has 2 aromatic carbocycles. The van der Waals surface area contributed by atoms with E-state index in [-0.39, 0.29) is 16.4 Å². The van der Waals surface area contributed by atoms with Crippen molar-refractivity contribution in [3.8, 4) is 11.1 Å². The Labute approximate surface area is 154 Å². The zero-order chi connectivity index (χ0) is 19.1. The number of rotatable bonds is 4. The largest absolute Gasteiger partial charge is 0.478 e. The molecule has 0 aliphatic heterocycles. The lowest BCUT2D eigenvalue weighted by molar-refractivity contribution is -0.105. The third-order valence-corrected chi connectivity index (χ3v) is 5.65. The van der Waals surface area contributed by atoms with Gasteiger partial charge in [0.05, 0.1) is 11.3 Å². The zero-order valence-corrected chi connectivity index (χ0v) is 15.7. The number of benzene rings is 2. The molecule has 136 valence electrons. The van der Waals surface area contributed by atoms with Gasteiger partial charge in [0.25, 0.3) is 0 Å². The van der Waals surface area contributed by atoms with Gasteiger partial charge in [-0.15, -0.1) is 0 Å². The molecular formula is C22H25NO3. The molecular weight excluding hydrogens is 326 g/mol. The number of hydrogen-bond acceptors (Lipinski definition) is 2. The van der Waals surface area contributed by atoms with Gasteiger partial charge in [-0.3, -0.25) is 4.79 Å². The normalized spacial score (nSPS) is 17.2. The quantitative estimate of drug-likeness (QED) is 0.764. The van der Waals surface area contributed by atoms with Crippen LogP contribution in [0, 0.1) is 0 Å². The van der Waals surface area contributed by atoms with Gasteiger partial charge in [0.15, 0.2) is 0 Å². The Morgan fingerprint density at radius 1 is 0.962 bits per heavy atom. The Kier molecular flexibility index (Phi) is 4.39. The summed E-state index contributed by atoms with van der Waals surface area (Å²) in [4.78, 5) is 22.2. The molecule has 0 radical (unpaired) electrons. The van der Waals surface area contributed by atoms with Crippen molar-refractivity contribution in [1.82, 2.24) is 0 Å². The summed E-state index contributed by atoms with van der Waals surface area (Å²) in [5.74, 6) is -1.06. The highest BCUT2D eigenvalue weighted by Gasteiger charge is 2.36. The van der Waals surface area contributed by atoms with E-state index in [9.17, 15) is 14.7 Å². The fourth-order valence-electron chi connectivity index (χ4n) is 3.86. The van der Waals surface area contributed by atoms with E-state index in [0.717, 1.165) is 24.0 Å². The molecule has 2 N–H and O–H groups in total. The first-order chi connectivity index (χ1) is 12.2. The second-order valence-electron chi connectivity index (χ2n) is 8.36. The van der Waals surface area contributed by atoms with Gasteiger partial charge in [-0.05, 0) is 58.1 Å². The third-order valence-electron chi connectivity index (χ3n) is 5.65. The molecule has 2 aromatic rings. The van der Waals surface area contributed by atoms with E-state index >= 15 is 0 Å². The van der Waals surface area contributed by atoms with Crippen molar-refractivity contribution in [3.63, 3.8) is 0 Å². The first-order valence-corrected chi connectivity index (χ1v) is 8.89. The molecule has 1 amide bonds. The van der Waals surface area contributed by atoms with Crippen LogP contribution >= 0.6 is 0 Å². The van der Waals surface area contributed by atoms with Gasteiger partial charge >= 0.3 is 5.97 Å². The molecule has 0 spiro atoms. The number of fused-ring (bicyclic) bond motifs is 1. The molecule has 0 fully saturated rings. The zero-order valence-electron chi connectivity index (χ0n) is 15.7. The van der Waals surface area contributed by atoms with Crippen molar-refractivity contribution in [2.24, 2.45) is 0 Å². The predicted octanol–water partition coefficient (Wildman–Crippen LogP) is 4.97. The molecule has 1 aliphatic carbocycles. The van der Waals surface area contributed by atoms with Crippen LogP contribution in [0.4, 0.5) is 5.69 Å². The topological polar surface area (TPSA) is 66.4 Å². The number of carboxylic acid groups (broad SMARTS) is 1. The van der Waals surface area contributed by atoms with Crippen LogP contribution in [0.3, 0.4) is 0 Å². The standard InChI is InChI=1S/C22H25NO3/c1-21(2)9-10-22(3,4)18-11-14(6-8-17(18)21)15-5-7-16(20(25)26)19(12-15)23-13-24/h5-8,11-13H,9-10H2,1-4H3,(H,23,24)(H,25,26). The van der Waals surface area contributed by atoms with Gasteiger partial charge in [-0.2, -0.15) is 0 Å². The second kappa shape index (κ2) is 6.27. The van der Waals surface area contributed by atoms with E-state index in [4.69, 9.17) is 0 Å². The van der Waals surface area contributed by atoms with Crippen molar-refractivity contribution in [1.29, 1.82) is 0 Å². The molecule has 0 bridgehead atoms. The summed E-state index contributed by atoms with van der Waals surface area (Å²) < 4.78 is 0. The van der Waals surface area contributed by atoms with Crippen LogP contribution in [0.2, 0.25) is 0 Å². The predicted molar refractivity (Wildman–Crippen MR) is 104 cm³/mol. The number of anilines is 1. The van der Waals surface area contributed by atoms with Crippen molar-refractivity contribution < 1.29 is 14.7 Å².